The molecule has 0 aliphatic heterocycles. The van der Waals surface area contributed by atoms with Crippen molar-refractivity contribution in [3.63, 3.8) is 0 Å². The molecule has 6 heteroatoms. The molecule has 0 saturated carbocycles. The van der Waals surface area contributed by atoms with Gasteiger partial charge in [0.25, 0.3) is 0 Å². The summed E-state index contributed by atoms with van der Waals surface area (Å²) < 4.78 is 7.97. The van der Waals surface area contributed by atoms with Gasteiger partial charge in [-0.15, -0.1) is 0 Å². The Morgan fingerprint density at radius 3 is 2.66 bits per heavy atom. The fraction of sp³-hybridized carbons (Fsp3) is 0.156. The van der Waals surface area contributed by atoms with E-state index in [-0.39, 0.29) is 12.6 Å². The van der Waals surface area contributed by atoms with Crippen molar-refractivity contribution in [1.82, 2.24) is 9.55 Å². The number of rotatable bonds is 9. The highest BCUT2D eigenvalue weighted by molar-refractivity contribution is 6.31. The maximum Gasteiger partial charge on any atom is 0.174 e. The SMILES string of the molecule is N#CCCC[C@@H](c1cccc(C=Cc2ccc3ccc(Cl)cc3n2)c1)n1ccc2cccc(OCC#N)c21. The normalized spacial score (nSPS) is 12.0. The van der Waals surface area contributed by atoms with Crippen LogP contribution in [0, 0.1) is 22.7 Å². The summed E-state index contributed by atoms with van der Waals surface area (Å²) in [5.41, 5.74) is 4.85. The third-order valence-corrected chi connectivity index (χ3v) is 6.75. The molecule has 0 N–H and O–H groups in total. The molecule has 0 fully saturated rings. The molecule has 0 unspecified atom stereocenters. The maximum atomic E-state index is 9.17. The van der Waals surface area contributed by atoms with Crippen molar-refractivity contribution >= 4 is 45.6 Å². The molecule has 5 rings (SSSR count). The first-order valence-corrected chi connectivity index (χ1v) is 12.8. The van der Waals surface area contributed by atoms with Gasteiger partial charge < -0.3 is 9.30 Å². The molecule has 186 valence electrons. The van der Waals surface area contributed by atoms with Gasteiger partial charge in [-0.1, -0.05) is 60.1 Å². The molecule has 0 spiro atoms. The van der Waals surface area contributed by atoms with E-state index in [1.807, 2.05) is 54.6 Å². The predicted molar refractivity (Wildman–Crippen MR) is 153 cm³/mol. The second-order valence-electron chi connectivity index (χ2n) is 9.01. The molecule has 0 bridgehead atoms. The van der Waals surface area contributed by atoms with E-state index < -0.39 is 0 Å². The number of pyridine rings is 1. The molecule has 2 aromatic heterocycles. The second kappa shape index (κ2) is 11.6. The molecule has 2 heterocycles. The average molecular weight is 517 g/mol. The van der Waals surface area contributed by atoms with E-state index >= 15 is 0 Å². The summed E-state index contributed by atoms with van der Waals surface area (Å²) in [6.07, 6.45) is 8.18. The minimum atomic E-state index is -0.0152. The van der Waals surface area contributed by atoms with Crippen LogP contribution >= 0.6 is 11.6 Å². The summed E-state index contributed by atoms with van der Waals surface area (Å²) >= 11 is 6.15. The lowest BCUT2D eigenvalue weighted by Crippen LogP contribution is -2.11. The monoisotopic (exact) mass is 516 g/mol. The Bertz CT molecular complexity index is 1710. The van der Waals surface area contributed by atoms with Crippen LogP contribution in [0.1, 0.15) is 42.1 Å². The molecule has 5 aromatic rings. The van der Waals surface area contributed by atoms with Crippen LogP contribution in [0.5, 0.6) is 5.75 Å². The number of ether oxygens (including phenoxy) is 1. The summed E-state index contributed by atoms with van der Waals surface area (Å²) in [4.78, 5) is 4.72. The van der Waals surface area contributed by atoms with E-state index in [9.17, 15) is 0 Å². The van der Waals surface area contributed by atoms with Crippen molar-refractivity contribution < 1.29 is 4.74 Å². The van der Waals surface area contributed by atoms with Crippen molar-refractivity contribution in [2.75, 3.05) is 6.61 Å². The van der Waals surface area contributed by atoms with Crippen LogP contribution in [0.25, 0.3) is 34.0 Å². The highest BCUT2D eigenvalue weighted by Crippen LogP contribution is 2.34. The van der Waals surface area contributed by atoms with E-state index in [0.29, 0.717) is 17.2 Å². The molecule has 0 saturated heterocycles. The first-order chi connectivity index (χ1) is 18.7. The van der Waals surface area contributed by atoms with Crippen LogP contribution in [0.3, 0.4) is 0 Å². The fourth-order valence-electron chi connectivity index (χ4n) is 4.76. The molecule has 0 radical (unpaired) electrons. The van der Waals surface area contributed by atoms with Crippen LogP contribution in [0.2, 0.25) is 5.02 Å². The van der Waals surface area contributed by atoms with E-state index in [4.69, 9.17) is 31.8 Å². The topological polar surface area (TPSA) is 74.6 Å². The number of halogens is 1. The first kappa shape index (κ1) is 25.1. The minimum absolute atomic E-state index is 0.00183. The quantitative estimate of drug-likeness (QED) is 0.185. The Morgan fingerprint density at radius 2 is 1.79 bits per heavy atom. The Hall–Kier alpha value is -4.58. The number of nitriles is 2. The van der Waals surface area contributed by atoms with E-state index in [0.717, 1.165) is 51.5 Å². The second-order valence-corrected chi connectivity index (χ2v) is 9.44. The van der Waals surface area contributed by atoms with Gasteiger partial charge in [0, 0.05) is 28.4 Å². The molecule has 1 atom stereocenters. The minimum Gasteiger partial charge on any atom is -0.477 e. The number of unbranched alkanes of at least 4 members (excludes halogenated alkanes) is 1. The Morgan fingerprint density at radius 1 is 0.921 bits per heavy atom. The number of benzene rings is 3. The average Bonchev–Trinajstić information content (AvgIpc) is 3.37. The van der Waals surface area contributed by atoms with Gasteiger partial charge in [0.2, 0.25) is 0 Å². The zero-order chi connectivity index (χ0) is 26.3. The molecular weight excluding hydrogens is 492 g/mol. The van der Waals surface area contributed by atoms with E-state index in [2.05, 4.69) is 59.3 Å². The van der Waals surface area contributed by atoms with Crippen molar-refractivity contribution in [3.05, 3.63) is 107 Å². The highest BCUT2D eigenvalue weighted by atomic mass is 35.5. The van der Waals surface area contributed by atoms with Gasteiger partial charge in [-0.2, -0.15) is 10.5 Å². The molecule has 5 nitrogen and oxygen atoms in total. The standard InChI is InChI=1S/C32H25ClN4O/c33-27-13-11-24-12-15-28(36-29(24)22-27)14-10-23-5-3-7-26(21-23)30(8-1-2-17-34)37-19-16-25-6-4-9-31(32(25)37)38-20-18-35/h3-7,9-16,19,21-22,30H,1-2,8,20H2/t30-/m0/s1. The number of aromatic nitrogens is 2. The lowest BCUT2D eigenvalue weighted by Gasteiger charge is -2.22. The fourth-order valence-corrected chi connectivity index (χ4v) is 4.93. The third kappa shape index (κ3) is 5.54. The maximum absolute atomic E-state index is 9.17. The lowest BCUT2D eigenvalue weighted by atomic mass is 9.98. The van der Waals surface area contributed by atoms with Crippen molar-refractivity contribution in [2.45, 2.75) is 25.3 Å². The zero-order valence-corrected chi connectivity index (χ0v) is 21.5. The van der Waals surface area contributed by atoms with Crippen LogP contribution in [-0.2, 0) is 0 Å². The predicted octanol–water partition coefficient (Wildman–Crippen LogP) is 8.20. The molecule has 0 aliphatic rings. The Labute approximate surface area is 226 Å². The van der Waals surface area contributed by atoms with Gasteiger partial charge in [0.15, 0.2) is 6.61 Å². The van der Waals surface area contributed by atoms with Gasteiger partial charge in [0.05, 0.1) is 28.8 Å². The summed E-state index contributed by atoms with van der Waals surface area (Å²) in [6, 6.07) is 30.4. The smallest absolute Gasteiger partial charge is 0.174 e. The molecule has 0 aliphatic carbocycles. The van der Waals surface area contributed by atoms with Gasteiger partial charge in [0.1, 0.15) is 11.8 Å². The van der Waals surface area contributed by atoms with Crippen LogP contribution in [-0.4, -0.2) is 16.2 Å². The van der Waals surface area contributed by atoms with Crippen LogP contribution < -0.4 is 4.74 Å². The third-order valence-electron chi connectivity index (χ3n) is 6.51. The van der Waals surface area contributed by atoms with Crippen molar-refractivity contribution in [2.24, 2.45) is 0 Å². The molecular formula is C32H25ClN4O. The number of fused-ring (bicyclic) bond motifs is 2. The Balaban J connectivity index is 1.49. The Kier molecular flexibility index (Phi) is 7.69. The van der Waals surface area contributed by atoms with Crippen LogP contribution in [0.15, 0.2) is 85.1 Å². The number of hydrogen-bond donors (Lipinski definition) is 0. The number of hydrogen-bond acceptors (Lipinski definition) is 4. The highest BCUT2D eigenvalue weighted by Gasteiger charge is 2.18. The first-order valence-electron chi connectivity index (χ1n) is 12.5. The molecule has 3 aromatic carbocycles. The number of para-hydroxylation sites is 1. The molecule has 0 amide bonds. The van der Waals surface area contributed by atoms with Gasteiger partial charge in [-0.25, -0.2) is 4.98 Å². The summed E-state index contributed by atoms with van der Waals surface area (Å²) in [5.74, 6) is 0.679. The number of nitrogens with zero attached hydrogens (tertiary/aromatic N) is 4. The van der Waals surface area contributed by atoms with Crippen LogP contribution in [0.4, 0.5) is 0 Å². The molecule has 38 heavy (non-hydrogen) atoms. The van der Waals surface area contributed by atoms with Crippen molar-refractivity contribution in [1.29, 1.82) is 10.5 Å². The van der Waals surface area contributed by atoms with Gasteiger partial charge in [-0.05, 0) is 66.4 Å². The van der Waals surface area contributed by atoms with Gasteiger partial charge in [-0.3, -0.25) is 0 Å². The zero-order valence-electron chi connectivity index (χ0n) is 20.7. The largest absolute Gasteiger partial charge is 0.477 e. The van der Waals surface area contributed by atoms with Crippen molar-refractivity contribution in [3.8, 4) is 17.9 Å². The summed E-state index contributed by atoms with van der Waals surface area (Å²) in [6.45, 7) is -0.0152. The van der Waals surface area contributed by atoms with Gasteiger partial charge >= 0.3 is 0 Å². The summed E-state index contributed by atoms with van der Waals surface area (Å²) in [5, 5.41) is 21.0. The van der Waals surface area contributed by atoms with E-state index in [1.165, 1.54) is 0 Å². The summed E-state index contributed by atoms with van der Waals surface area (Å²) in [7, 11) is 0. The lowest BCUT2D eigenvalue weighted by molar-refractivity contribution is 0.369. The van der Waals surface area contributed by atoms with E-state index in [1.54, 1.807) is 0 Å².